The van der Waals surface area contributed by atoms with Crippen molar-refractivity contribution < 1.29 is 8.42 Å². The average Bonchev–Trinajstić information content (AvgIpc) is 3.09. The first-order valence-electron chi connectivity index (χ1n) is 6.04. The van der Waals surface area contributed by atoms with Crippen molar-refractivity contribution in [3.63, 3.8) is 0 Å². The summed E-state index contributed by atoms with van der Waals surface area (Å²) < 4.78 is 26.7. The highest BCUT2D eigenvalue weighted by atomic mass is 32.2. The van der Waals surface area contributed by atoms with Gasteiger partial charge in [-0.15, -0.1) is 0 Å². The molecule has 8 heteroatoms. The molecule has 2 aromatic rings. The highest BCUT2D eigenvalue weighted by Crippen LogP contribution is 2.36. The Morgan fingerprint density at radius 3 is 2.95 bits per heavy atom. The van der Waals surface area contributed by atoms with Crippen LogP contribution in [0.25, 0.3) is 0 Å². The second-order valence-electron chi connectivity index (χ2n) is 4.55. The number of hydrogen-bond acceptors (Lipinski definition) is 4. The van der Waals surface area contributed by atoms with E-state index in [4.69, 9.17) is 5.73 Å². The lowest BCUT2D eigenvalue weighted by atomic mass is 10.2. The number of aromatic nitrogens is 3. The number of H-pyrrole nitrogens is 2. The minimum atomic E-state index is -3.61. The summed E-state index contributed by atoms with van der Waals surface area (Å²) in [5.41, 5.74) is 6.53. The summed E-state index contributed by atoms with van der Waals surface area (Å²) in [4.78, 5) is 3.13. The van der Waals surface area contributed by atoms with Gasteiger partial charge in [-0.05, 0) is 25.0 Å². The van der Waals surface area contributed by atoms with E-state index in [1.54, 1.807) is 6.20 Å². The Hall–Kier alpha value is -1.80. The topological polar surface area (TPSA) is 108 Å². The molecule has 0 aliphatic carbocycles. The van der Waals surface area contributed by atoms with E-state index in [2.05, 4.69) is 15.2 Å². The number of nitrogen functional groups attached to an aromatic ring is 1. The van der Waals surface area contributed by atoms with E-state index in [0.29, 0.717) is 6.54 Å². The van der Waals surface area contributed by atoms with E-state index < -0.39 is 10.0 Å². The highest BCUT2D eigenvalue weighted by molar-refractivity contribution is 7.89. The predicted octanol–water partition coefficient (Wildman–Crippen LogP) is 0.846. The van der Waals surface area contributed by atoms with Gasteiger partial charge in [0, 0.05) is 18.4 Å². The van der Waals surface area contributed by atoms with Gasteiger partial charge in [0.25, 0.3) is 0 Å². The van der Waals surface area contributed by atoms with Crippen LogP contribution in [-0.4, -0.2) is 34.4 Å². The van der Waals surface area contributed by atoms with Crippen LogP contribution in [0.3, 0.4) is 0 Å². The summed E-state index contributed by atoms with van der Waals surface area (Å²) in [6, 6.07) is 3.61. The third-order valence-electron chi connectivity index (χ3n) is 3.40. The van der Waals surface area contributed by atoms with E-state index in [0.717, 1.165) is 18.5 Å². The molecule has 0 amide bonds. The van der Waals surface area contributed by atoms with E-state index in [1.165, 1.54) is 10.5 Å². The molecule has 3 rings (SSSR count). The SMILES string of the molecule is Nc1[nH]ncc1S(=O)(=O)N1CCCC1c1ccc[nH]1. The second-order valence-corrected chi connectivity index (χ2v) is 6.41. The number of rotatable bonds is 3. The number of nitrogens with one attached hydrogen (secondary N) is 2. The normalized spacial score (nSPS) is 20.9. The molecule has 1 saturated heterocycles. The number of aromatic amines is 2. The Labute approximate surface area is 110 Å². The van der Waals surface area contributed by atoms with Crippen LogP contribution in [0.4, 0.5) is 5.82 Å². The maximum absolute atomic E-state index is 12.6. The third-order valence-corrected chi connectivity index (χ3v) is 5.34. The number of nitrogens with two attached hydrogens (primary N) is 1. The molecule has 1 unspecified atom stereocenters. The fourth-order valence-electron chi connectivity index (χ4n) is 2.51. The summed E-state index contributed by atoms with van der Waals surface area (Å²) in [7, 11) is -3.61. The van der Waals surface area contributed by atoms with Gasteiger partial charge in [0.05, 0.1) is 12.2 Å². The molecule has 1 atom stereocenters. The minimum Gasteiger partial charge on any atom is -0.383 e. The summed E-state index contributed by atoms with van der Waals surface area (Å²) in [6.45, 7) is 0.497. The van der Waals surface area contributed by atoms with Crippen molar-refractivity contribution in [2.24, 2.45) is 0 Å². The van der Waals surface area contributed by atoms with Gasteiger partial charge in [0.15, 0.2) is 0 Å². The zero-order valence-electron chi connectivity index (χ0n) is 10.2. The molecular weight excluding hydrogens is 266 g/mol. The van der Waals surface area contributed by atoms with E-state index >= 15 is 0 Å². The molecule has 3 heterocycles. The van der Waals surface area contributed by atoms with Crippen molar-refractivity contribution in [1.82, 2.24) is 19.5 Å². The largest absolute Gasteiger partial charge is 0.383 e. The monoisotopic (exact) mass is 281 g/mol. The van der Waals surface area contributed by atoms with Crippen LogP contribution in [0.2, 0.25) is 0 Å². The lowest BCUT2D eigenvalue weighted by molar-refractivity contribution is 0.392. The van der Waals surface area contributed by atoms with Crippen molar-refractivity contribution in [3.05, 3.63) is 30.2 Å². The lowest BCUT2D eigenvalue weighted by Crippen LogP contribution is -2.31. The Morgan fingerprint density at radius 2 is 2.32 bits per heavy atom. The first-order chi connectivity index (χ1) is 9.10. The number of nitrogens with zero attached hydrogens (tertiary/aromatic N) is 2. The average molecular weight is 281 g/mol. The second kappa shape index (κ2) is 4.39. The zero-order chi connectivity index (χ0) is 13.5. The molecule has 102 valence electrons. The lowest BCUT2D eigenvalue weighted by Gasteiger charge is -2.22. The molecule has 1 fully saturated rings. The van der Waals surface area contributed by atoms with Gasteiger partial charge in [-0.1, -0.05) is 0 Å². The molecule has 0 spiro atoms. The van der Waals surface area contributed by atoms with Gasteiger partial charge >= 0.3 is 0 Å². The molecular formula is C11H15N5O2S. The van der Waals surface area contributed by atoms with Crippen molar-refractivity contribution >= 4 is 15.8 Å². The number of anilines is 1. The first-order valence-corrected chi connectivity index (χ1v) is 7.48. The summed E-state index contributed by atoms with van der Waals surface area (Å²) in [5.74, 6) is 0.0807. The Balaban J connectivity index is 1.99. The molecule has 1 aliphatic heterocycles. The van der Waals surface area contributed by atoms with Crippen molar-refractivity contribution in [3.8, 4) is 0 Å². The van der Waals surface area contributed by atoms with Crippen LogP contribution in [0.1, 0.15) is 24.6 Å². The van der Waals surface area contributed by atoms with E-state index in [1.807, 2.05) is 12.1 Å². The summed E-state index contributed by atoms with van der Waals surface area (Å²) in [6.07, 6.45) is 4.69. The van der Waals surface area contributed by atoms with Crippen LogP contribution in [0.5, 0.6) is 0 Å². The summed E-state index contributed by atoms with van der Waals surface area (Å²) in [5, 5.41) is 6.15. The Kier molecular flexibility index (Phi) is 2.83. The maximum atomic E-state index is 12.6. The molecule has 2 aromatic heterocycles. The van der Waals surface area contributed by atoms with Crippen molar-refractivity contribution in [1.29, 1.82) is 0 Å². The molecule has 0 bridgehead atoms. The fourth-order valence-corrected chi connectivity index (χ4v) is 4.19. The minimum absolute atomic E-state index is 0.0472. The van der Waals surface area contributed by atoms with Gasteiger partial charge in [0.1, 0.15) is 10.7 Å². The van der Waals surface area contributed by atoms with E-state index in [-0.39, 0.29) is 16.8 Å². The summed E-state index contributed by atoms with van der Waals surface area (Å²) >= 11 is 0. The third kappa shape index (κ3) is 1.92. The predicted molar refractivity (Wildman–Crippen MR) is 69.7 cm³/mol. The van der Waals surface area contributed by atoms with Crippen LogP contribution in [-0.2, 0) is 10.0 Å². The smallest absolute Gasteiger partial charge is 0.248 e. The van der Waals surface area contributed by atoms with Gasteiger partial charge in [-0.25, -0.2) is 8.42 Å². The van der Waals surface area contributed by atoms with Crippen LogP contribution in [0.15, 0.2) is 29.4 Å². The fraction of sp³-hybridized carbons (Fsp3) is 0.364. The quantitative estimate of drug-likeness (QED) is 0.774. The zero-order valence-corrected chi connectivity index (χ0v) is 11.0. The molecule has 4 N–H and O–H groups in total. The Morgan fingerprint density at radius 1 is 1.47 bits per heavy atom. The molecule has 1 aliphatic rings. The van der Waals surface area contributed by atoms with E-state index in [9.17, 15) is 8.42 Å². The molecule has 0 radical (unpaired) electrons. The first kappa shape index (κ1) is 12.2. The molecule has 0 aromatic carbocycles. The van der Waals surface area contributed by atoms with Gasteiger partial charge in [-0.2, -0.15) is 9.40 Å². The van der Waals surface area contributed by atoms with Gasteiger partial charge in [0.2, 0.25) is 10.0 Å². The van der Waals surface area contributed by atoms with Crippen molar-refractivity contribution in [2.45, 2.75) is 23.8 Å². The number of hydrogen-bond donors (Lipinski definition) is 3. The molecule has 19 heavy (non-hydrogen) atoms. The van der Waals surface area contributed by atoms with Gasteiger partial charge in [-0.3, -0.25) is 5.10 Å². The maximum Gasteiger partial charge on any atom is 0.248 e. The Bertz CT molecular complexity index is 661. The molecule has 7 nitrogen and oxygen atoms in total. The van der Waals surface area contributed by atoms with Crippen LogP contribution < -0.4 is 5.73 Å². The highest BCUT2D eigenvalue weighted by Gasteiger charge is 2.38. The van der Waals surface area contributed by atoms with Crippen molar-refractivity contribution in [2.75, 3.05) is 12.3 Å². The standard InChI is InChI=1S/C11H15N5O2S/c12-11-10(7-14-15-11)19(17,18)16-6-2-4-9(16)8-3-1-5-13-8/h1,3,5,7,9,13H,2,4,6H2,(H3,12,14,15). The molecule has 0 saturated carbocycles. The van der Waals surface area contributed by atoms with Crippen LogP contribution in [0, 0.1) is 0 Å². The van der Waals surface area contributed by atoms with Crippen LogP contribution >= 0.6 is 0 Å². The van der Waals surface area contributed by atoms with Gasteiger partial charge < -0.3 is 10.7 Å². The number of sulfonamides is 1.